The smallest absolute Gasteiger partial charge is 0.441 e. The predicted octanol–water partition coefficient (Wildman–Crippen LogP) is 0.205. The highest BCUT2D eigenvalue weighted by molar-refractivity contribution is 5.86. The Morgan fingerprint density at radius 1 is 1.19 bits per heavy atom. The molecule has 0 bridgehead atoms. The average molecular weight is 235 g/mol. The molecule has 0 aromatic carbocycles. The Balaban J connectivity index is 4.37. The molecular formula is C6H9N3O7. The minimum Gasteiger partial charge on any atom is -0.479 e. The van der Waals surface area contributed by atoms with Crippen molar-refractivity contribution in [1.82, 2.24) is 5.01 Å². The number of nitrogens with zero attached hydrogens (tertiary/aromatic N) is 3. The minimum atomic E-state index is -1.29. The van der Waals surface area contributed by atoms with Gasteiger partial charge in [0.05, 0.1) is 14.2 Å². The van der Waals surface area contributed by atoms with Crippen LogP contribution in [0.5, 0.6) is 0 Å². The molecule has 0 aromatic heterocycles. The molecule has 0 rings (SSSR count). The van der Waals surface area contributed by atoms with E-state index < -0.39 is 24.8 Å². The normalized spacial score (nSPS) is 9.62. The van der Waals surface area contributed by atoms with Gasteiger partial charge in [0.2, 0.25) is 6.61 Å². The fraction of sp³-hybridized carbons (Fsp3) is 0.500. The SMILES string of the molecule is COC(=O)N(N=NOCC(=O)O)C(=O)OC. The number of carbonyl (C=O) groups is 3. The third-order valence-corrected chi connectivity index (χ3v) is 1.07. The van der Waals surface area contributed by atoms with Gasteiger partial charge in [-0.1, -0.05) is 5.01 Å². The van der Waals surface area contributed by atoms with Crippen LogP contribution in [0.25, 0.3) is 0 Å². The number of rotatable bonds is 4. The Morgan fingerprint density at radius 2 is 1.69 bits per heavy atom. The third kappa shape index (κ3) is 4.74. The molecule has 0 saturated heterocycles. The van der Waals surface area contributed by atoms with E-state index in [1.54, 1.807) is 0 Å². The summed E-state index contributed by atoms with van der Waals surface area (Å²) in [5.74, 6) is -1.29. The topological polar surface area (TPSA) is 127 Å². The first-order chi connectivity index (χ1) is 7.52. The number of carboxylic acid groups (broad SMARTS) is 1. The summed E-state index contributed by atoms with van der Waals surface area (Å²) < 4.78 is 8.35. The van der Waals surface area contributed by atoms with Crippen molar-refractivity contribution >= 4 is 18.2 Å². The van der Waals surface area contributed by atoms with Crippen LogP contribution < -0.4 is 0 Å². The Kier molecular flexibility index (Phi) is 5.93. The van der Waals surface area contributed by atoms with Gasteiger partial charge in [-0.2, -0.15) is 0 Å². The lowest BCUT2D eigenvalue weighted by Gasteiger charge is -2.09. The number of hydrogen-bond donors (Lipinski definition) is 1. The standard InChI is InChI=1S/C6H9N3O7/c1-14-5(12)9(6(13)15-2)7-8-16-3-4(10)11/h3H2,1-2H3,(H,10,11). The molecule has 0 aliphatic rings. The lowest BCUT2D eigenvalue weighted by atomic mass is 10.8. The molecule has 0 saturated carbocycles. The van der Waals surface area contributed by atoms with Crippen LogP contribution in [-0.2, 0) is 19.1 Å². The van der Waals surface area contributed by atoms with Gasteiger partial charge in [0.1, 0.15) is 0 Å². The van der Waals surface area contributed by atoms with Crippen LogP contribution in [-0.4, -0.2) is 49.1 Å². The molecule has 90 valence electrons. The highest BCUT2D eigenvalue weighted by atomic mass is 16.7. The van der Waals surface area contributed by atoms with E-state index in [1.807, 2.05) is 0 Å². The summed E-state index contributed by atoms with van der Waals surface area (Å²) in [6.07, 6.45) is -2.32. The number of carbonyl (C=O) groups excluding carboxylic acids is 2. The van der Waals surface area contributed by atoms with Crippen LogP contribution in [0.4, 0.5) is 9.59 Å². The van der Waals surface area contributed by atoms with E-state index in [4.69, 9.17) is 5.11 Å². The summed E-state index contributed by atoms with van der Waals surface area (Å²) in [4.78, 5) is 36.0. The predicted molar refractivity (Wildman–Crippen MR) is 45.1 cm³/mol. The van der Waals surface area contributed by atoms with Crippen LogP contribution in [0.2, 0.25) is 0 Å². The van der Waals surface area contributed by atoms with Crippen LogP contribution in [0, 0.1) is 0 Å². The van der Waals surface area contributed by atoms with Gasteiger partial charge in [0.25, 0.3) is 0 Å². The van der Waals surface area contributed by atoms with Crippen molar-refractivity contribution in [2.45, 2.75) is 0 Å². The van der Waals surface area contributed by atoms with Gasteiger partial charge in [0.15, 0.2) is 0 Å². The second kappa shape index (κ2) is 6.98. The highest BCUT2D eigenvalue weighted by Gasteiger charge is 2.23. The van der Waals surface area contributed by atoms with E-state index in [0.29, 0.717) is 0 Å². The van der Waals surface area contributed by atoms with Crippen LogP contribution >= 0.6 is 0 Å². The van der Waals surface area contributed by atoms with Crippen molar-refractivity contribution in [3.63, 3.8) is 0 Å². The number of imide groups is 1. The fourth-order valence-corrected chi connectivity index (χ4v) is 0.467. The second-order valence-corrected chi connectivity index (χ2v) is 2.09. The molecule has 0 aliphatic heterocycles. The van der Waals surface area contributed by atoms with Crippen molar-refractivity contribution < 1.29 is 33.8 Å². The summed E-state index contributed by atoms with van der Waals surface area (Å²) in [6, 6.07) is 0. The molecule has 0 aromatic rings. The second-order valence-electron chi connectivity index (χ2n) is 2.09. The van der Waals surface area contributed by atoms with Gasteiger partial charge in [-0.25, -0.2) is 14.4 Å². The molecule has 0 fully saturated rings. The van der Waals surface area contributed by atoms with Crippen LogP contribution in [0.1, 0.15) is 0 Å². The van der Waals surface area contributed by atoms with E-state index >= 15 is 0 Å². The summed E-state index contributed by atoms with van der Waals surface area (Å²) >= 11 is 0. The quantitative estimate of drug-likeness (QED) is 0.544. The van der Waals surface area contributed by atoms with Gasteiger partial charge in [-0.3, -0.25) is 0 Å². The maximum atomic E-state index is 10.9. The van der Waals surface area contributed by atoms with Crippen molar-refractivity contribution in [1.29, 1.82) is 0 Å². The molecule has 10 heteroatoms. The number of ether oxygens (including phenoxy) is 2. The van der Waals surface area contributed by atoms with E-state index in [2.05, 4.69) is 24.8 Å². The number of carboxylic acids is 1. The van der Waals surface area contributed by atoms with E-state index in [-0.39, 0.29) is 5.01 Å². The zero-order chi connectivity index (χ0) is 12.6. The van der Waals surface area contributed by atoms with Gasteiger partial charge in [-0.05, 0) is 5.22 Å². The Bertz CT molecular complexity index is 286. The number of hydrogen-bond acceptors (Lipinski definition) is 8. The zero-order valence-electron chi connectivity index (χ0n) is 8.45. The van der Waals surface area contributed by atoms with Crippen LogP contribution in [0.15, 0.2) is 10.5 Å². The van der Waals surface area contributed by atoms with Crippen molar-refractivity contribution in [2.75, 3.05) is 20.8 Å². The summed E-state index contributed by atoms with van der Waals surface area (Å²) in [6.45, 7) is -0.764. The Labute approximate surface area is 89.3 Å². The first-order valence-corrected chi connectivity index (χ1v) is 3.73. The lowest BCUT2D eigenvalue weighted by molar-refractivity contribution is -0.142. The highest BCUT2D eigenvalue weighted by Crippen LogP contribution is 1.99. The molecule has 0 unspecified atom stereocenters. The van der Waals surface area contributed by atoms with E-state index in [9.17, 15) is 14.4 Å². The molecule has 0 heterocycles. The fourth-order valence-electron chi connectivity index (χ4n) is 0.467. The van der Waals surface area contributed by atoms with E-state index in [0.717, 1.165) is 14.2 Å². The maximum Gasteiger partial charge on any atom is 0.441 e. The Morgan fingerprint density at radius 3 is 2.06 bits per heavy atom. The average Bonchev–Trinajstić information content (AvgIpc) is 2.27. The van der Waals surface area contributed by atoms with Gasteiger partial charge >= 0.3 is 18.2 Å². The maximum absolute atomic E-state index is 10.9. The van der Waals surface area contributed by atoms with Gasteiger partial charge in [-0.15, -0.1) is 0 Å². The molecule has 0 atom stereocenters. The molecule has 0 aliphatic carbocycles. The lowest BCUT2D eigenvalue weighted by Crippen LogP contribution is -2.31. The first kappa shape index (κ1) is 13.6. The number of aliphatic carboxylic acids is 1. The van der Waals surface area contributed by atoms with Crippen molar-refractivity contribution in [2.24, 2.45) is 10.5 Å². The van der Waals surface area contributed by atoms with Gasteiger partial charge in [0, 0.05) is 5.28 Å². The zero-order valence-corrected chi connectivity index (χ0v) is 8.45. The van der Waals surface area contributed by atoms with Crippen molar-refractivity contribution in [3.8, 4) is 0 Å². The summed E-state index contributed by atoms with van der Waals surface area (Å²) in [5.41, 5.74) is 0. The van der Waals surface area contributed by atoms with Crippen molar-refractivity contribution in [3.05, 3.63) is 0 Å². The molecule has 2 amide bonds. The monoisotopic (exact) mass is 235 g/mol. The number of methoxy groups -OCH3 is 2. The minimum absolute atomic E-state index is 0.113. The Hall–Kier alpha value is -2.39. The van der Waals surface area contributed by atoms with Gasteiger partial charge < -0.3 is 19.4 Å². The molecular weight excluding hydrogens is 226 g/mol. The number of amides is 2. The first-order valence-electron chi connectivity index (χ1n) is 3.73. The molecule has 10 nitrogen and oxygen atoms in total. The molecule has 16 heavy (non-hydrogen) atoms. The van der Waals surface area contributed by atoms with E-state index in [1.165, 1.54) is 0 Å². The summed E-state index contributed by atoms with van der Waals surface area (Å²) in [7, 11) is 2.01. The van der Waals surface area contributed by atoms with Crippen LogP contribution in [0.3, 0.4) is 0 Å². The molecule has 0 radical (unpaired) electrons. The largest absolute Gasteiger partial charge is 0.479 e. The molecule has 0 spiro atoms. The molecule has 1 N–H and O–H groups in total. The summed E-state index contributed by atoms with van der Waals surface area (Å²) in [5, 5.41) is 14.1. The third-order valence-electron chi connectivity index (χ3n) is 1.07.